The van der Waals surface area contributed by atoms with Crippen molar-refractivity contribution < 1.29 is 4.79 Å². The van der Waals surface area contributed by atoms with Gasteiger partial charge >= 0.3 is 0 Å². The number of carbonyl (C=O) groups excluding carboxylic acids is 1. The summed E-state index contributed by atoms with van der Waals surface area (Å²) in [6.07, 6.45) is 3.22. The summed E-state index contributed by atoms with van der Waals surface area (Å²) in [6, 6.07) is -0.296. The van der Waals surface area contributed by atoms with Gasteiger partial charge in [0, 0.05) is 26.5 Å². The van der Waals surface area contributed by atoms with Gasteiger partial charge in [-0.05, 0) is 13.8 Å². The molecule has 1 N–H and O–H groups in total. The maximum Gasteiger partial charge on any atom is 0.244 e. The molecule has 1 aromatic heterocycles. The Bertz CT molecular complexity index is 351. The molecule has 1 heterocycles. The van der Waals surface area contributed by atoms with Gasteiger partial charge in [-0.15, -0.1) is 0 Å². The van der Waals surface area contributed by atoms with Crippen LogP contribution in [0.25, 0.3) is 0 Å². The standard InChI is InChI=1S/C10H16N4O/c1-7-9(12-6-5-11-7)13-8(2)10(15)14(3)4/h5-6,8H,1-4H3,(H,12,13). The molecule has 82 valence electrons. The number of carbonyl (C=O) groups is 1. The second kappa shape index (κ2) is 4.72. The third-order valence-electron chi connectivity index (χ3n) is 2.05. The minimum Gasteiger partial charge on any atom is -0.357 e. The molecule has 0 saturated heterocycles. The van der Waals surface area contributed by atoms with E-state index >= 15 is 0 Å². The topological polar surface area (TPSA) is 58.1 Å². The minimum absolute atomic E-state index is 0.0139. The molecule has 0 aliphatic heterocycles. The van der Waals surface area contributed by atoms with Crippen molar-refractivity contribution in [2.45, 2.75) is 19.9 Å². The molecule has 0 aliphatic carbocycles. The lowest BCUT2D eigenvalue weighted by atomic mass is 10.3. The zero-order chi connectivity index (χ0) is 11.4. The number of rotatable bonds is 3. The molecule has 1 rings (SSSR count). The fraction of sp³-hybridized carbons (Fsp3) is 0.500. The van der Waals surface area contributed by atoms with Crippen LogP contribution in [0.3, 0.4) is 0 Å². The second-order valence-electron chi connectivity index (χ2n) is 3.59. The number of nitrogens with one attached hydrogen (secondary N) is 1. The van der Waals surface area contributed by atoms with E-state index in [1.807, 2.05) is 6.92 Å². The van der Waals surface area contributed by atoms with Gasteiger partial charge in [-0.1, -0.05) is 0 Å². The van der Waals surface area contributed by atoms with Crippen LogP contribution in [0, 0.1) is 6.92 Å². The monoisotopic (exact) mass is 208 g/mol. The first-order chi connectivity index (χ1) is 7.02. The molecule has 0 saturated carbocycles. The van der Waals surface area contributed by atoms with Crippen LogP contribution in [-0.4, -0.2) is 40.9 Å². The van der Waals surface area contributed by atoms with E-state index in [1.54, 1.807) is 38.3 Å². The van der Waals surface area contributed by atoms with Crippen LogP contribution < -0.4 is 5.32 Å². The van der Waals surface area contributed by atoms with E-state index in [1.165, 1.54) is 0 Å². The SMILES string of the molecule is Cc1nccnc1NC(C)C(=O)N(C)C. The minimum atomic E-state index is -0.296. The molecule has 0 radical (unpaired) electrons. The largest absolute Gasteiger partial charge is 0.357 e. The maximum absolute atomic E-state index is 11.6. The zero-order valence-corrected chi connectivity index (χ0v) is 9.48. The predicted molar refractivity (Wildman–Crippen MR) is 58.5 cm³/mol. The summed E-state index contributed by atoms with van der Waals surface area (Å²) < 4.78 is 0. The fourth-order valence-corrected chi connectivity index (χ4v) is 1.20. The van der Waals surface area contributed by atoms with Gasteiger partial charge in [-0.3, -0.25) is 9.78 Å². The number of aromatic nitrogens is 2. The Kier molecular flexibility index (Phi) is 3.60. The Morgan fingerprint density at radius 3 is 2.53 bits per heavy atom. The van der Waals surface area contributed by atoms with E-state index in [4.69, 9.17) is 0 Å². The van der Waals surface area contributed by atoms with Gasteiger partial charge in [0.2, 0.25) is 5.91 Å². The smallest absolute Gasteiger partial charge is 0.244 e. The van der Waals surface area contributed by atoms with E-state index in [9.17, 15) is 4.79 Å². The van der Waals surface area contributed by atoms with E-state index in [-0.39, 0.29) is 11.9 Å². The van der Waals surface area contributed by atoms with Crippen molar-refractivity contribution in [2.75, 3.05) is 19.4 Å². The molecule has 1 amide bonds. The average molecular weight is 208 g/mol. The first-order valence-corrected chi connectivity index (χ1v) is 4.77. The molecular formula is C10H16N4O. The first-order valence-electron chi connectivity index (χ1n) is 4.77. The van der Waals surface area contributed by atoms with Crippen LogP contribution >= 0.6 is 0 Å². The number of nitrogens with zero attached hydrogens (tertiary/aromatic N) is 3. The van der Waals surface area contributed by atoms with Gasteiger partial charge in [0.25, 0.3) is 0 Å². The molecule has 1 atom stereocenters. The van der Waals surface area contributed by atoms with E-state index in [0.717, 1.165) is 5.69 Å². The number of aryl methyl sites for hydroxylation is 1. The number of amides is 1. The molecule has 0 aliphatic rings. The number of hydrogen-bond donors (Lipinski definition) is 1. The fourth-order valence-electron chi connectivity index (χ4n) is 1.20. The van der Waals surface area contributed by atoms with Crippen molar-refractivity contribution in [3.8, 4) is 0 Å². The lowest BCUT2D eigenvalue weighted by Crippen LogP contribution is -2.37. The summed E-state index contributed by atoms with van der Waals surface area (Å²) in [5.41, 5.74) is 0.788. The van der Waals surface area contributed by atoms with Crippen molar-refractivity contribution in [3.63, 3.8) is 0 Å². The Balaban J connectivity index is 2.71. The molecule has 0 fully saturated rings. The highest BCUT2D eigenvalue weighted by atomic mass is 16.2. The number of likely N-dealkylation sites (N-methyl/N-ethyl adjacent to an activating group) is 1. The second-order valence-corrected chi connectivity index (χ2v) is 3.59. The molecule has 1 aromatic rings. The molecular weight excluding hydrogens is 192 g/mol. The van der Waals surface area contributed by atoms with E-state index < -0.39 is 0 Å². The number of anilines is 1. The Labute approximate surface area is 89.5 Å². The predicted octanol–water partition coefficient (Wildman–Crippen LogP) is 0.674. The molecule has 5 heteroatoms. The summed E-state index contributed by atoms with van der Waals surface area (Å²) in [5.74, 6) is 0.667. The van der Waals surface area contributed by atoms with Gasteiger partial charge in [-0.25, -0.2) is 4.98 Å². The average Bonchev–Trinajstić information content (AvgIpc) is 2.20. The molecule has 0 spiro atoms. The van der Waals surface area contributed by atoms with Crippen molar-refractivity contribution in [3.05, 3.63) is 18.1 Å². The zero-order valence-electron chi connectivity index (χ0n) is 9.48. The van der Waals surface area contributed by atoms with Gasteiger partial charge in [0.1, 0.15) is 11.9 Å². The third kappa shape index (κ3) is 2.90. The van der Waals surface area contributed by atoms with Gasteiger partial charge < -0.3 is 10.2 Å². The summed E-state index contributed by atoms with van der Waals surface area (Å²) >= 11 is 0. The summed E-state index contributed by atoms with van der Waals surface area (Å²) in [4.78, 5) is 21.3. The van der Waals surface area contributed by atoms with Gasteiger partial charge in [-0.2, -0.15) is 0 Å². The van der Waals surface area contributed by atoms with Crippen molar-refractivity contribution in [1.82, 2.24) is 14.9 Å². The lowest BCUT2D eigenvalue weighted by molar-refractivity contribution is -0.129. The molecule has 5 nitrogen and oxygen atoms in total. The van der Waals surface area contributed by atoms with Crippen molar-refractivity contribution in [2.24, 2.45) is 0 Å². The number of hydrogen-bond acceptors (Lipinski definition) is 4. The highest BCUT2D eigenvalue weighted by molar-refractivity contribution is 5.83. The Hall–Kier alpha value is -1.65. The highest BCUT2D eigenvalue weighted by Crippen LogP contribution is 2.08. The molecule has 0 bridgehead atoms. The summed E-state index contributed by atoms with van der Waals surface area (Å²) in [7, 11) is 3.45. The van der Waals surface area contributed by atoms with Crippen LogP contribution in [0.5, 0.6) is 0 Å². The van der Waals surface area contributed by atoms with E-state index in [0.29, 0.717) is 5.82 Å². The normalized spacial score (nSPS) is 12.0. The molecule has 1 unspecified atom stereocenters. The quantitative estimate of drug-likeness (QED) is 0.793. The van der Waals surface area contributed by atoms with Gasteiger partial charge in [0.05, 0.1) is 5.69 Å². The van der Waals surface area contributed by atoms with Crippen molar-refractivity contribution >= 4 is 11.7 Å². The maximum atomic E-state index is 11.6. The first kappa shape index (κ1) is 11.4. The highest BCUT2D eigenvalue weighted by Gasteiger charge is 2.15. The van der Waals surface area contributed by atoms with E-state index in [2.05, 4.69) is 15.3 Å². The van der Waals surface area contributed by atoms with Crippen LogP contribution in [0.1, 0.15) is 12.6 Å². The third-order valence-corrected chi connectivity index (χ3v) is 2.05. The van der Waals surface area contributed by atoms with Crippen LogP contribution in [0.15, 0.2) is 12.4 Å². The van der Waals surface area contributed by atoms with Gasteiger partial charge in [0.15, 0.2) is 0 Å². The lowest BCUT2D eigenvalue weighted by Gasteiger charge is -2.18. The molecule has 0 aromatic carbocycles. The van der Waals surface area contributed by atoms with Crippen LogP contribution in [0.4, 0.5) is 5.82 Å². The van der Waals surface area contributed by atoms with Crippen LogP contribution in [-0.2, 0) is 4.79 Å². The van der Waals surface area contributed by atoms with Crippen molar-refractivity contribution in [1.29, 1.82) is 0 Å². The Morgan fingerprint density at radius 2 is 2.00 bits per heavy atom. The van der Waals surface area contributed by atoms with Crippen LogP contribution in [0.2, 0.25) is 0 Å². The summed E-state index contributed by atoms with van der Waals surface area (Å²) in [5, 5.41) is 3.03. The molecule has 15 heavy (non-hydrogen) atoms. The Morgan fingerprint density at radius 1 is 1.40 bits per heavy atom. The summed E-state index contributed by atoms with van der Waals surface area (Å²) in [6.45, 7) is 3.65.